The molecule has 1 rings (SSSR count). The third-order valence-corrected chi connectivity index (χ3v) is 2.16. The minimum atomic E-state index is -0.387. The summed E-state index contributed by atoms with van der Waals surface area (Å²) in [6.07, 6.45) is 3.99. The summed E-state index contributed by atoms with van der Waals surface area (Å²) in [7, 11) is 3.89. The number of nitro groups is 1. The van der Waals surface area contributed by atoms with Gasteiger partial charge in [0.1, 0.15) is 5.70 Å². The lowest BCUT2D eigenvalue weighted by atomic mass is 9.96. The maximum absolute atomic E-state index is 10.6. The van der Waals surface area contributed by atoms with Crippen LogP contribution in [-0.2, 0) is 0 Å². The monoisotopic (exact) mass is 197 g/mol. The van der Waals surface area contributed by atoms with E-state index >= 15 is 0 Å². The predicted molar refractivity (Wildman–Crippen MR) is 54.0 cm³/mol. The third-order valence-electron chi connectivity index (χ3n) is 2.16. The van der Waals surface area contributed by atoms with Crippen molar-refractivity contribution in [3.05, 3.63) is 33.7 Å². The van der Waals surface area contributed by atoms with Gasteiger partial charge >= 0.3 is 0 Å². The van der Waals surface area contributed by atoms with Crippen molar-refractivity contribution in [2.75, 3.05) is 20.6 Å². The van der Waals surface area contributed by atoms with Crippen molar-refractivity contribution in [2.45, 2.75) is 6.42 Å². The zero-order valence-electron chi connectivity index (χ0n) is 8.43. The SMILES string of the molecule is CN(C)CC1C=CC(N)=C([N+](=O)[O-])C1. The van der Waals surface area contributed by atoms with Crippen LogP contribution in [0, 0.1) is 16.0 Å². The van der Waals surface area contributed by atoms with E-state index in [1.807, 2.05) is 25.1 Å². The average molecular weight is 197 g/mol. The van der Waals surface area contributed by atoms with Gasteiger partial charge in [-0.05, 0) is 26.1 Å². The first-order valence-corrected chi connectivity index (χ1v) is 4.46. The highest BCUT2D eigenvalue weighted by Crippen LogP contribution is 2.21. The maximum atomic E-state index is 10.6. The van der Waals surface area contributed by atoms with Crippen LogP contribution < -0.4 is 5.73 Å². The van der Waals surface area contributed by atoms with E-state index in [2.05, 4.69) is 0 Å². The van der Waals surface area contributed by atoms with Gasteiger partial charge in [0.2, 0.25) is 0 Å². The highest BCUT2D eigenvalue weighted by molar-refractivity contribution is 5.24. The van der Waals surface area contributed by atoms with Crippen LogP contribution in [0.15, 0.2) is 23.5 Å². The molecule has 5 nitrogen and oxygen atoms in total. The van der Waals surface area contributed by atoms with Gasteiger partial charge in [-0.25, -0.2) is 0 Å². The molecule has 5 heteroatoms. The summed E-state index contributed by atoms with van der Waals surface area (Å²) in [5.41, 5.74) is 5.93. The summed E-state index contributed by atoms with van der Waals surface area (Å²) in [6.45, 7) is 0.807. The molecule has 0 aliphatic heterocycles. The molecule has 2 N–H and O–H groups in total. The van der Waals surface area contributed by atoms with E-state index in [0.29, 0.717) is 6.42 Å². The fourth-order valence-corrected chi connectivity index (χ4v) is 1.54. The summed E-state index contributed by atoms with van der Waals surface area (Å²) in [5, 5.41) is 10.6. The Balaban J connectivity index is 2.70. The Morgan fingerprint density at radius 2 is 2.36 bits per heavy atom. The van der Waals surface area contributed by atoms with Crippen molar-refractivity contribution >= 4 is 0 Å². The largest absolute Gasteiger partial charge is 0.393 e. The Kier molecular flexibility index (Phi) is 3.24. The number of hydrogen-bond donors (Lipinski definition) is 1. The van der Waals surface area contributed by atoms with Crippen molar-refractivity contribution in [1.82, 2.24) is 4.90 Å². The Morgan fingerprint density at radius 3 is 2.86 bits per heavy atom. The van der Waals surface area contributed by atoms with E-state index in [9.17, 15) is 10.1 Å². The Bertz CT molecular complexity index is 294. The number of allylic oxidation sites excluding steroid dienone is 2. The van der Waals surface area contributed by atoms with E-state index in [-0.39, 0.29) is 22.2 Å². The summed E-state index contributed by atoms with van der Waals surface area (Å²) in [6, 6.07) is 0. The summed E-state index contributed by atoms with van der Waals surface area (Å²) < 4.78 is 0. The predicted octanol–water partition coefficient (Wildman–Crippen LogP) is 0.571. The van der Waals surface area contributed by atoms with Crippen molar-refractivity contribution in [2.24, 2.45) is 11.7 Å². The minimum absolute atomic E-state index is 0.138. The van der Waals surface area contributed by atoms with Gasteiger partial charge in [0, 0.05) is 13.0 Å². The minimum Gasteiger partial charge on any atom is -0.393 e. The van der Waals surface area contributed by atoms with Crippen LogP contribution in [0.5, 0.6) is 0 Å². The smallest absolute Gasteiger partial charge is 0.269 e. The molecule has 1 aliphatic carbocycles. The number of hydrogen-bond acceptors (Lipinski definition) is 4. The molecule has 0 aromatic rings. The third kappa shape index (κ3) is 2.56. The molecule has 78 valence electrons. The highest BCUT2D eigenvalue weighted by atomic mass is 16.6. The van der Waals surface area contributed by atoms with Crippen molar-refractivity contribution in [3.8, 4) is 0 Å². The lowest BCUT2D eigenvalue weighted by Gasteiger charge is -2.19. The van der Waals surface area contributed by atoms with Crippen molar-refractivity contribution in [3.63, 3.8) is 0 Å². The first-order valence-electron chi connectivity index (χ1n) is 4.46. The van der Waals surface area contributed by atoms with Gasteiger partial charge in [0.05, 0.1) is 4.92 Å². The standard InChI is InChI=1S/C9H15N3O2/c1-11(2)6-7-3-4-8(10)9(5-7)12(13)14/h3-4,7H,5-6,10H2,1-2H3. The molecule has 0 saturated heterocycles. The molecule has 0 amide bonds. The lowest BCUT2D eigenvalue weighted by Crippen LogP contribution is -2.24. The average Bonchev–Trinajstić information content (AvgIpc) is 2.07. The van der Waals surface area contributed by atoms with Gasteiger partial charge in [-0.1, -0.05) is 6.08 Å². The van der Waals surface area contributed by atoms with Crippen molar-refractivity contribution in [1.29, 1.82) is 0 Å². The molecule has 0 aromatic heterocycles. The molecule has 0 heterocycles. The molecule has 0 aromatic carbocycles. The topological polar surface area (TPSA) is 72.4 Å². The first kappa shape index (κ1) is 10.7. The molecule has 0 radical (unpaired) electrons. The molecule has 0 bridgehead atoms. The zero-order chi connectivity index (χ0) is 10.7. The van der Waals surface area contributed by atoms with Gasteiger partial charge in [0.15, 0.2) is 0 Å². The number of nitrogens with zero attached hydrogens (tertiary/aromatic N) is 2. The van der Waals surface area contributed by atoms with E-state index < -0.39 is 0 Å². The lowest BCUT2D eigenvalue weighted by molar-refractivity contribution is -0.430. The molecule has 0 saturated carbocycles. The van der Waals surface area contributed by atoms with Crippen LogP contribution in [0.4, 0.5) is 0 Å². The van der Waals surface area contributed by atoms with Crippen LogP contribution >= 0.6 is 0 Å². The Morgan fingerprint density at radius 1 is 1.71 bits per heavy atom. The molecular weight excluding hydrogens is 182 g/mol. The van der Waals surface area contributed by atoms with Crippen LogP contribution in [0.1, 0.15) is 6.42 Å². The van der Waals surface area contributed by atoms with Gasteiger partial charge in [0.25, 0.3) is 5.70 Å². The van der Waals surface area contributed by atoms with E-state index in [1.54, 1.807) is 6.08 Å². The van der Waals surface area contributed by atoms with Crippen LogP contribution in [0.2, 0.25) is 0 Å². The second kappa shape index (κ2) is 4.23. The fourth-order valence-electron chi connectivity index (χ4n) is 1.54. The second-order valence-electron chi connectivity index (χ2n) is 3.74. The van der Waals surface area contributed by atoms with E-state index in [4.69, 9.17) is 5.73 Å². The molecular formula is C9H15N3O2. The van der Waals surface area contributed by atoms with E-state index in [1.165, 1.54) is 0 Å². The molecule has 0 fully saturated rings. The van der Waals surface area contributed by atoms with Crippen LogP contribution in [0.25, 0.3) is 0 Å². The van der Waals surface area contributed by atoms with E-state index in [0.717, 1.165) is 6.54 Å². The Labute approximate surface area is 83.0 Å². The molecule has 1 unspecified atom stereocenters. The van der Waals surface area contributed by atoms with Crippen LogP contribution in [-0.4, -0.2) is 30.5 Å². The van der Waals surface area contributed by atoms with Crippen molar-refractivity contribution < 1.29 is 4.92 Å². The first-order chi connectivity index (χ1) is 6.50. The second-order valence-corrected chi connectivity index (χ2v) is 3.74. The summed E-state index contributed by atoms with van der Waals surface area (Å²) in [4.78, 5) is 12.2. The van der Waals surface area contributed by atoms with Gasteiger partial charge < -0.3 is 10.6 Å². The quantitative estimate of drug-likeness (QED) is 0.530. The highest BCUT2D eigenvalue weighted by Gasteiger charge is 2.23. The van der Waals surface area contributed by atoms with Gasteiger partial charge in [-0.3, -0.25) is 10.1 Å². The van der Waals surface area contributed by atoms with Crippen LogP contribution in [0.3, 0.4) is 0 Å². The van der Waals surface area contributed by atoms with Gasteiger partial charge in [-0.15, -0.1) is 0 Å². The molecule has 0 spiro atoms. The molecule has 1 atom stereocenters. The zero-order valence-corrected chi connectivity index (χ0v) is 8.43. The molecule has 1 aliphatic rings. The fraction of sp³-hybridized carbons (Fsp3) is 0.556. The molecule has 14 heavy (non-hydrogen) atoms. The summed E-state index contributed by atoms with van der Waals surface area (Å²) >= 11 is 0. The summed E-state index contributed by atoms with van der Waals surface area (Å²) in [5.74, 6) is 0.192. The Hall–Kier alpha value is -1.36. The van der Waals surface area contributed by atoms with Gasteiger partial charge in [-0.2, -0.15) is 0 Å². The number of rotatable bonds is 3. The normalized spacial score (nSPS) is 21.8. The maximum Gasteiger partial charge on any atom is 0.269 e. The number of nitrogens with two attached hydrogens (primary N) is 1.